The zero-order valence-corrected chi connectivity index (χ0v) is 20.1. The predicted octanol–water partition coefficient (Wildman–Crippen LogP) is 2.88. The van der Waals surface area contributed by atoms with Crippen molar-refractivity contribution in [1.82, 2.24) is 4.31 Å². The lowest BCUT2D eigenvalue weighted by Gasteiger charge is -2.23. The van der Waals surface area contributed by atoms with Crippen LogP contribution >= 0.6 is 15.9 Å². The van der Waals surface area contributed by atoms with E-state index in [-0.39, 0.29) is 4.90 Å². The first kappa shape index (κ1) is 24.3. The summed E-state index contributed by atoms with van der Waals surface area (Å²) in [5.41, 5.74) is 0.704. The largest absolute Gasteiger partial charge is 0.325 e. The Labute approximate surface area is 186 Å². The summed E-state index contributed by atoms with van der Waals surface area (Å²) in [4.78, 5) is 12.6. The molecule has 2 aromatic rings. The van der Waals surface area contributed by atoms with E-state index in [9.17, 15) is 21.6 Å². The van der Waals surface area contributed by atoms with Crippen LogP contribution in [0.5, 0.6) is 0 Å². The Morgan fingerprint density at radius 3 is 2.03 bits per heavy atom. The molecular weight excluding hydrogens is 494 g/mol. The van der Waals surface area contributed by atoms with Crippen molar-refractivity contribution >= 4 is 53.3 Å². The highest BCUT2D eigenvalue weighted by atomic mass is 79.9. The fourth-order valence-electron chi connectivity index (χ4n) is 2.79. The van der Waals surface area contributed by atoms with Crippen LogP contribution in [0.4, 0.5) is 11.4 Å². The second-order valence-electron chi connectivity index (χ2n) is 6.38. The molecule has 11 heteroatoms. The molecule has 30 heavy (non-hydrogen) atoms. The molecule has 1 amide bonds. The monoisotopic (exact) mass is 517 g/mol. The molecule has 0 spiro atoms. The Hall–Kier alpha value is -1.95. The van der Waals surface area contributed by atoms with Gasteiger partial charge in [-0.2, -0.15) is 4.31 Å². The Morgan fingerprint density at radius 1 is 0.967 bits per heavy atom. The van der Waals surface area contributed by atoms with Gasteiger partial charge in [-0.3, -0.25) is 9.10 Å². The number of carbonyl (C=O) groups excluding carboxylic acids is 1. The number of amides is 1. The van der Waals surface area contributed by atoms with Crippen molar-refractivity contribution in [2.75, 3.05) is 35.5 Å². The fourth-order valence-corrected chi connectivity index (χ4v) is 5.73. The van der Waals surface area contributed by atoms with Crippen LogP contribution in [0.2, 0.25) is 0 Å². The van der Waals surface area contributed by atoms with E-state index in [1.54, 1.807) is 38.1 Å². The summed E-state index contributed by atoms with van der Waals surface area (Å²) in [6, 6.07) is 12.4. The number of hydrogen-bond acceptors (Lipinski definition) is 5. The summed E-state index contributed by atoms with van der Waals surface area (Å²) in [5.74, 6) is -0.560. The van der Waals surface area contributed by atoms with Crippen LogP contribution in [-0.4, -0.2) is 52.9 Å². The Kier molecular flexibility index (Phi) is 8.03. The first-order chi connectivity index (χ1) is 14.0. The zero-order valence-electron chi connectivity index (χ0n) is 16.9. The van der Waals surface area contributed by atoms with Crippen molar-refractivity contribution in [3.05, 3.63) is 53.0 Å². The number of para-hydroxylation sites is 1. The third-order valence-electron chi connectivity index (χ3n) is 4.29. The highest BCUT2D eigenvalue weighted by Crippen LogP contribution is 2.27. The number of nitrogens with zero attached hydrogens (tertiary/aromatic N) is 2. The van der Waals surface area contributed by atoms with E-state index in [2.05, 4.69) is 21.2 Å². The molecule has 0 aliphatic heterocycles. The van der Waals surface area contributed by atoms with Crippen molar-refractivity contribution in [2.24, 2.45) is 0 Å². The van der Waals surface area contributed by atoms with E-state index in [4.69, 9.17) is 0 Å². The van der Waals surface area contributed by atoms with Crippen LogP contribution < -0.4 is 9.62 Å². The first-order valence-electron chi connectivity index (χ1n) is 9.13. The van der Waals surface area contributed by atoms with Crippen molar-refractivity contribution in [1.29, 1.82) is 0 Å². The number of benzene rings is 2. The normalized spacial score (nSPS) is 12.0. The van der Waals surface area contributed by atoms with Crippen molar-refractivity contribution in [3.63, 3.8) is 0 Å². The number of rotatable bonds is 9. The Bertz CT molecular complexity index is 1100. The SMILES string of the molecule is CCN(CC)S(=O)(=O)c1ccc(NC(=O)CN(c2ccccc2Br)S(C)(=O)=O)cc1. The minimum absolute atomic E-state index is 0.121. The second-order valence-corrected chi connectivity index (χ2v) is 11.1. The molecule has 0 atom stereocenters. The maximum absolute atomic E-state index is 12.5. The van der Waals surface area contributed by atoms with Crippen LogP contribution in [0.25, 0.3) is 0 Å². The predicted molar refractivity (Wildman–Crippen MR) is 122 cm³/mol. The van der Waals surface area contributed by atoms with Gasteiger partial charge >= 0.3 is 0 Å². The number of carbonyl (C=O) groups is 1. The molecule has 1 N–H and O–H groups in total. The molecule has 0 radical (unpaired) electrons. The lowest BCUT2D eigenvalue weighted by atomic mass is 10.3. The number of hydrogen-bond donors (Lipinski definition) is 1. The smallest absolute Gasteiger partial charge is 0.245 e. The topological polar surface area (TPSA) is 104 Å². The van der Waals surface area contributed by atoms with Crippen molar-refractivity contribution in [2.45, 2.75) is 18.7 Å². The highest BCUT2D eigenvalue weighted by molar-refractivity contribution is 9.10. The molecule has 0 aliphatic rings. The minimum atomic E-state index is -3.71. The highest BCUT2D eigenvalue weighted by Gasteiger charge is 2.24. The van der Waals surface area contributed by atoms with Gasteiger partial charge in [-0.15, -0.1) is 0 Å². The van der Waals surface area contributed by atoms with Crippen LogP contribution in [0.3, 0.4) is 0 Å². The van der Waals surface area contributed by atoms with Gasteiger partial charge in [0.15, 0.2) is 0 Å². The summed E-state index contributed by atoms with van der Waals surface area (Å²) >= 11 is 3.30. The summed E-state index contributed by atoms with van der Waals surface area (Å²) < 4.78 is 52.3. The quantitative estimate of drug-likeness (QED) is 0.550. The molecular formula is C19H24BrN3O5S2. The van der Waals surface area contributed by atoms with E-state index in [1.807, 2.05) is 0 Å². The zero-order chi connectivity index (χ0) is 22.5. The van der Waals surface area contributed by atoms with E-state index in [0.29, 0.717) is 28.9 Å². The molecule has 0 fully saturated rings. The van der Waals surface area contributed by atoms with Gasteiger partial charge in [-0.05, 0) is 52.3 Å². The Balaban J connectivity index is 2.18. The minimum Gasteiger partial charge on any atom is -0.325 e. The van der Waals surface area contributed by atoms with Gasteiger partial charge in [0.2, 0.25) is 26.0 Å². The standard InChI is InChI=1S/C19H24BrN3O5S2/c1-4-22(5-2)30(27,28)16-12-10-15(11-13-16)21-19(24)14-23(29(3,25)26)18-9-7-6-8-17(18)20/h6-13H,4-5,14H2,1-3H3,(H,21,24). The summed E-state index contributed by atoms with van der Waals surface area (Å²) in [7, 11) is -7.31. The molecule has 164 valence electrons. The van der Waals surface area contributed by atoms with Gasteiger partial charge in [0.1, 0.15) is 6.54 Å². The van der Waals surface area contributed by atoms with Gasteiger partial charge in [0, 0.05) is 23.2 Å². The van der Waals surface area contributed by atoms with Gasteiger partial charge < -0.3 is 5.32 Å². The molecule has 0 heterocycles. The van der Waals surface area contributed by atoms with E-state index < -0.39 is 32.5 Å². The van der Waals surface area contributed by atoms with Crippen LogP contribution in [0.1, 0.15) is 13.8 Å². The van der Waals surface area contributed by atoms with Crippen LogP contribution in [0, 0.1) is 0 Å². The van der Waals surface area contributed by atoms with Gasteiger partial charge in [-0.25, -0.2) is 16.8 Å². The van der Waals surface area contributed by atoms with Gasteiger partial charge in [0.25, 0.3) is 0 Å². The summed E-state index contributed by atoms with van der Waals surface area (Å²) in [5, 5.41) is 2.60. The van der Waals surface area contributed by atoms with Crippen LogP contribution in [0.15, 0.2) is 57.9 Å². The number of halogens is 1. The van der Waals surface area contributed by atoms with Crippen molar-refractivity contribution < 1.29 is 21.6 Å². The second kappa shape index (κ2) is 9.90. The molecule has 2 rings (SSSR count). The number of nitrogens with one attached hydrogen (secondary N) is 1. The fraction of sp³-hybridized carbons (Fsp3) is 0.316. The lowest BCUT2D eigenvalue weighted by molar-refractivity contribution is -0.114. The van der Waals surface area contributed by atoms with Gasteiger partial charge in [-0.1, -0.05) is 26.0 Å². The molecule has 2 aromatic carbocycles. The maximum atomic E-state index is 12.5. The molecule has 8 nitrogen and oxygen atoms in total. The summed E-state index contributed by atoms with van der Waals surface area (Å²) in [6.45, 7) is 3.80. The molecule has 0 saturated heterocycles. The summed E-state index contributed by atoms with van der Waals surface area (Å²) in [6.07, 6.45) is 1.02. The Morgan fingerprint density at radius 2 is 1.53 bits per heavy atom. The average Bonchev–Trinajstić information content (AvgIpc) is 2.67. The lowest BCUT2D eigenvalue weighted by Crippen LogP contribution is -2.37. The third kappa shape index (κ3) is 5.81. The average molecular weight is 518 g/mol. The third-order valence-corrected chi connectivity index (χ3v) is 8.15. The van der Waals surface area contributed by atoms with Gasteiger partial charge in [0.05, 0.1) is 16.8 Å². The van der Waals surface area contributed by atoms with E-state index >= 15 is 0 Å². The molecule has 0 bridgehead atoms. The van der Waals surface area contributed by atoms with Crippen molar-refractivity contribution in [3.8, 4) is 0 Å². The number of sulfonamides is 2. The molecule has 0 aliphatic carbocycles. The molecule has 0 unspecified atom stereocenters. The first-order valence-corrected chi connectivity index (χ1v) is 13.2. The molecule has 0 saturated carbocycles. The maximum Gasteiger partial charge on any atom is 0.245 e. The van der Waals surface area contributed by atoms with E-state index in [1.165, 1.54) is 28.6 Å². The number of anilines is 2. The van der Waals surface area contributed by atoms with E-state index in [0.717, 1.165) is 10.6 Å². The molecule has 0 aromatic heterocycles. The van der Waals surface area contributed by atoms with Crippen LogP contribution in [-0.2, 0) is 24.8 Å².